The van der Waals surface area contributed by atoms with Crippen molar-refractivity contribution in [3.8, 4) is 0 Å². The number of aliphatic carboxylic acids is 1. The van der Waals surface area contributed by atoms with Crippen molar-refractivity contribution in [2.75, 3.05) is 39.3 Å². The Labute approximate surface area is 127 Å². The van der Waals surface area contributed by atoms with Crippen molar-refractivity contribution in [2.45, 2.75) is 39.0 Å². The summed E-state index contributed by atoms with van der Waals surface area (Å²) in [4.78, 5) is 26.6. The van der Waals surface area contributed by atoms with Gasteiger partial charge in [0.05, 0.1) is 6.54 Å². The van der Waals surface area contributed by atoms with Crippen LogP contribution in [0.1, 0.15) is 39.0 Å². The molecule has 21 heavy (non-hydrogen) atoms. The van der Waals surface area contributed by atoms with E-state index in [9.17, 15) is 9.59 Å². The van der Waals surface area contributed by atoms with Crippen LogP contribution in [0, 0.1) is 5.92 Å². The van der Waals surface area contributed by atoms with E-state index < -0.39 is 5.97 Å². The number of carboxylic acids is 1. The highest BCUT2D eigenvalue weighted by molar-refractivity contribution is 5.76. The summed E-state index contributed by atoms with van der Waals surface area (Å²) in [7, 11) is 0. The summed E-state index contributed by atoms with van der Waals surface area (Å²) < 4.78 is 0. The molecular weight excluding hydrogens is 270 g/mol. The zero-order chi connectivity index (χ0) is 15.7. The molecule has 1 heterocycles. The van der Waals surface area contributed by atoms with E-state index in [2.05, 4.69) is 6.92 Å². The van der Waals surface area contributed by atoms with Crippen LogP contribution in [-0.4, -0.2) is 66.1 Å². The minimum Gasteiger partial charge on any atom is -0.480 e. The quantitative estimate of drug-likeness (QED) is 0.656. The molecule has 0 aromatic carbocycles. The van der Waals surface area contributed by atoms with E-state index in [0.29, 0.717) is 45.1 Å². The fraction of sp³-hybridized carbons (Fsp3) is 0.867. The summed E-state index contributed by atoms with van der Waals surface area (Å²) in [5.41, 5.74) is 5.62. The molecule has 1 saturated heterocycles. The fourth-order valence-corrected chi connectivity index (χ4v) is 2.91. The molecule has 1 fully saturated rings. The fourth-order valence-electron chi connectivity index (χ4n) is 2.91. The van der Waals surface area contributed by atoms with Gasteiger partial charge in [0.25, 0.3) is 0 Å². The molecular formula is C15H29N3O3. The van der Waals surface area contributed by atoms with Gasteiger partial charge in [-0.3, -0.25) is 14.5 Å². The first-order valence-corrected chi connectivity index (χ1v) is 7.98. The lowest BCUT2D eigenvalue weighted by Crippen LogP contribution is -2.49. The van der Waals surface area contributed by atoms with Crippen molar-refractivity contribution < 1.29 is 14.7 Å². The van der Waals surface area contributed by atoms with E-state index in [1.54, 1.807) is 0 Å². The monoisotopic (exact) mass is 299 g/mol. The highest BCUT2D eigenvalue weighted by Crippen LogP contribution is 2.18. The number of carbonyl (C=O) groups excluding carboxylic acids is 1. The molecule has 0 spiro atoms. The summed E-state index contributed by atoms with van der Waals surface area (Å²) >= 11 is 0. The molecule has 1 aliphatic heterocycles. The zero-order valence-corrected chi connectivity index (χ0v) is 13.1. The number of amides is 1. The third-order valence-electron chi connectivity index (χ3n) is 4.12. The van der Waals surface area contributed by atoms with Gasteiger partial charge in [-0.05, 0) is 25.3 Å². The first-order chi connectivity index (χ1) is 10.1. The molecule has 0 aromatic rings. The molecule has 1 rings (SSSR count). The van der Waals surface area contributed by atoms with Crippen LogP contribution in [0.2, 0.25) is 0 Å². The third-order valence-corrected chi connectivity index (χ3v) is 4.12. The minimum atomic E-state index is -0.807. The Hall–Kier alpha value is -1.14. The van der Waals surface area contributed by atoms with Crippen LogP contribution in [-0.2, 0) is 9.59 Å². The second kappa shape index (κ2) is 9.73. The Kier molecular flexibility index (Phi) is 8.30. The average Bonchev–Trinajstić information content (AvgIpc) is 2.45. The van der Waals surface area contributed by atoms with E-state index in [1.165, 1.54) is 0 Å². The van der Waals surface area contributed by atoms with Gasteiger partial charge >= 0.3 is 5.97 Å². The molecule has 1 aliphatic rings. The first kappa shape index (κ1) is 17.9. The summed E-state index contributed by atoms with van der Waals surface area (Å²) in [6, 6.07) is 0. The number of hydrogen-bond acceptors (Lipinski definition) is 4. The maximum Gasteiger partial charge on any atom is 0.317 e. The molecule has 6 nitrogen and oxygen atoms in total. The second-order valence-corrected chi connectivity index (χ2v) is 5.82. The normalized spacial score (nSPS) is 17.7. The first-order valence-electron chi connectivity index (χ1n) is 7.98. The van der Waals surface area contributed by atoms with Crippen molar-refractivity contribution >= 4 is 11.9 Å². The Morgan fingerprint density at radius 2 is 1.81 bits per heavy atom. The second-order valence-electron chi connectivity index (χ2n) is 5.82. The average molecular weight is 299 g/mol. The maximum atomic E-state index is 12.2. The molecule has 0 saturated carbocycles. The highest BCUT2D eigenvalue weighted by Gasteiger charge is 2.22. The summed E-state index contributed by atoms with van der Waals surface area (Å²) in [6.07, 6.45) is 4.76. The summed E-state index contributed by atoms with van der Waals surface area (Å²) in [5, 5.41) is 8.75. The molecule has 0 bridgehead atoms. The smallest absolute Gasteiger partial charge is 0.317 e. The Morgan fingerprint density at radius 3 is 2.33 bits per heavy atom. The molecule has 6 heteroatoms. The summed E-state index contributed by atoms with van der Waals surface area (Å²) in [6.45, 7) is 5.50. The largest absolute Gasteiger partial charge is 0.480 e. The summed E-state index contributed by atoms with van der Waals surface area (Å²) in [5.74, 6) is -0.0562. The van der Waals surface area contributed by atoms with Crippen LogP contribution in [0.15, 0.2) is 0 Å². The van der Waals surface area contributed by atoms with E-state index in [4.69, 9.17) is 10.8 Å². The maximum absolute atomic E-state index is 12.2. The molecule has 0 aromatic heterocycles. The van der Waals surface area contributed by atoms with Crippen molar-refractivity contribution in [1.82, 2.24) is 9.80 Å². The standard InChI is InChI=1S/C15H29N3O3/c1-2-3-13(6-7-16)4-5-14(19)18-10-8-17(9-11-18)12-15(20)21/h13H,2-12,16H2,1H3,(H,20,21). The number of piperazine rings is 1. The SMILES string of the molecule is CCCC(CCN)CCC(=O)N1CCN(CC(=O)O)CC1. The van der Waals surface area contributed by atoms with Gasteiger partial charge in [-0.25, -0.2) is 0 Å². The van der Waals surface area contributed by atoms with E-state index in [0.717, 1.165) is 25.7 Å². The molecule has 1 unspecified atom stereocenters. The third kappa shape index (κ3) is 6.91. The van der Waals surface area contributed by atoms with Gasteiger partial charge in [-0.15, -0.1) is 0 Å². The zero-order valence-electron chi connectivity index (χ0n) is 13.1. The number of carbonyl (C=O) groups is 2. The van der Waals surface area contributed by atoms with Crippen LogP contribution in [0.3, 0.4) is 0 Å². The van der Waals surface area contributed by atoms with Gasteiger partial charge in [0.1, 0.15) is 0 Å². The lowest BCUT2D eigenvalue weighted by Gasteiger charge is -2.34. The lowest BCUT2D eigenvalue weighted by molar-refractivity contribution is -0.139. The van der Waals surface area contributed by atoms with Crippen LogP contribution < -0.4 is 5.73 Å². The van der Waals surface area contributed by atoms with Crippen molar-refractivity contribution in [3.05, 3.63) is 0 Å². The van der Waals surface area contributed by atoms with Gasteiger partial charge in [-0.1, -0.05) is 19.8 Å². The van der Waals surface area contributed by atoms with E-state index >= 15 is 0 Å². The molecule has 1 atom stereocenters. The van der Waals surface area contributed by atoms with Crippen molar-refractivity contribution in [2.24, 2.45) is 11.7 Å². The van der Waals surface area contributed by atoms with Crippen LogP contribution in [0.5, 0.6) is 0 Å². The molecule has 122 valence electrons. The predicted octanol–water partition coefficient (Wildman–Crippen LogP) is 0.761. The van der Waals surface area contributed by atoms with Gasteiger partial charge in [0.2, 0.25) is 5.91 Å². The molecule has 3 N–H and O–H groups in total. The molecule has 0 aliphatic carbocycles. The highest BCUT2D eigenvalue weighted by atomic mass is 16.4. The lowest BCUT2D eigenvalue weighted by atomic mass is 9.94. The van der Waals surface area contributed by atoms with Gasteiger partial charge in [-0.2, -0.15) is 0 Å². The Bertz CT molecular complexity index is 322. The Balaban J connectivity index is 2.28. The van der Waals surface area contributed by atoms with E-state index in [-0.39, 0.29) is 12.5 Å². The van der Waals surface area contributed by atoms with Gasteiger partial charge < -0.3 is 15.7 Å². The van der Waals surface area contributed by atoms with Crippen LogP contribution >= 0.6 is 0 Å². The molecule has 1 amide bonds. The van der Waals surface area contributed by atoms with Crippen LogP contribution in [0.25, 0.3) is 0 Å². The van der Waals surface area contributed by atoms with E-state index in [1.807, 2.05) is 9.80 Å². The number of nitrogens with zero attached hydrogens (tertiary/aromatic N) is 2. The minimum absolute atomic E-state index is 0.0666. The van der Waals surface area contributed by atoms with Gasteiger partial charge in [0.15, 0.2) is 0 Å². The van der Waals surface area contributed by atoms with Crippen LogP contribution in [0.4, 0.5) is 0 Å². The number of rotatable bonds is 9. The predicted molar refractivity (Wildman–Crippen MR) is 82.0 cm³/mol. The van der Waals surface area contributed by atoms with Crippen molar-refractivity contribution in [3.63, 3.8) is 0 Å². The molecule has 0 radical (unpaired) electrons. The topological polar surface area (TPSA) is 86.9 Å². The van der Waals surface area contributed by atoms with Crippen molar-refractivity contribution in [1.29, 1.82) is 0 Å². The number of hydrogen-bond donors (Lipinski definition) is 2. The Morgan fingerprint density at radius 1 is 1.14 bits per heavy atom. The van der Waals surface area contributed by atoms with Gasteiger partial charge in [0, 0.05) is 32.6 Å². The number of carboxylic acid groups (broad SMARTS) is 1. The number of nitrogens with two attached hydrogens (primary N) is 1.